The van der Waals surface area contributed by atoms with Gasteiger partial charge in [-0.1, -0.05) is 25.1 Å². The lowest BCUT2D eigenvalue weighted by molar-refractivity contribution is 0.0523. The van der Waals surface area contributed by atoms with E-state index in [9.17, 15) is 14.4 Å². The molecule has 0 saturated heterocycles. The van der Waals surface area contributed by atoms with Gasteiger partial charge in [0.05, 0.1) is 24.7 Å². The van der Waals surface area contributed by atoms with Crippen molar-refractivity contribution in [3.63, 3.8) is 0 Å². The van der Waals surface area contributed by atoms with Crippen LogP contribution in [0, 0.1) is 0 Å². The molecule has 1 aromatic carbocycles. The van der Waals surface area contributed by atoms with Crippen molar-refractivity contribution < 1.29 is 19.1 Å². The van der Waals surface area contributed by atoms with Gasteiger partial charge >= 0.3 is 5.97 Å². The number of carbonyl (C=O) groups is 2. The molecule has 9 nitrogen and oxygen atoms in total. The first kappa shape index (κ1) is 22.9. The SMILES string of the molecule is CCCn1c(=NC(=O)c2ccccc2OC)c(C(=O)OCC)cc2c(=O)n3ccccc3nc21. The molecule has 0 radical (unpaired) electrons. The third-order valence-corrected chi connectivity index (χ3v) is 5.28. The number of hydrogen-bond donors (Lipinski definition) is 0. The molecule has 0 unspecified atom stereocenters. The first-order valence-electron chi connectivity index (χ1n) is 10.9. The Morgan fingerprint density at radius 1 is 1.06 bits per heavy atom. The zero-order valence-corrected chi connectivity index (χ0v) is 19.1. The van der Waals surface area contributed by atoms with Crippen LogP contribution in [0.15, 0.2) is 64.5 Å². The van der Waals surface area contributed by atoms with E-state index in [1.807, 2.05) is 6.92 Å². The number of aromatic nitrogens is 3. The van der Waals surface area contributed by atoms with Crippen molar-refractivity contribution in [2.75, 3.05) is 13.7 Å². The number of benzene rings is 1. The van der Waals surface area contributed by atoms with Gasteiger partial charge in [0.25, 0.3) is 11.5 Å². The van der Waals surface area contributed by atoms with Gasteiger partial charge in [0.1, 0.15) is 22.6 Å². The Labute approximate surface area is 194 Å². The van der Waals surface area contributed by atoms with Gasteiger partial charge in [-0.15, -0.1) is 0 Å². The molecule has 0 aliphatic heterocycles. The quantitative estimate of drug-likeness (QED) is 0.324. The van der Waals surface area contributed by atoms with Crippen LogP contribution in [0.1, 0.15) is 41.0 Å². The van der Waals surface area contributed by atoms with E-state index in [-0.39, 0.29) is 34.2 Å². The maximum absolute atomic E-state index is 13.3. The molecule has 174 valence electrons. The third kappa shape index (κ3) is 4.07. The molecule has 0 fully saturated rings. The van der Waals surface area contributed by atoms with Crippen molar-refractivity contribution in [2.45, 2.75) is 26.8 Å². The second-order valence-electron chi connectivity index (χ2n) is 7.45. The molecule has 0 atom stereocenters. The van der Waals surface area contributed by atoms with E-state index < -0.39 is 11.9 Å². The van der Waals surface area contributed by atoms with Crippen LogP contribution >= 0.6 is 0 Å². The number of pyridine rings is 2. The van der Waals surface area contributed by atoms with E-state index in [4.69, 9.17) is 9.47 Å². The minimum absolute atomic E-state index is 0.0147. The standard InChI is InChI=1S/C25H24N4O5/c1-4-13-29-21-17(24(31)28-14-9-8-12-20(28)26-21)15-18(25(32)34-5-2)22(29)27-23(30)16-10-6-7-11-19(16)33-3/h6-12,14-15H,4-5,13H2,1-3H3. The topological polar surface area (TPSA) is 104 Å². The molecule has 4 aromatic rings. The van der Waals surface area contributed by atoms with Gasteiger partial charge in [-0.25, -0.2) is 9.78 Å². The fourth-order valence-electron chi connectivity index (χ4n) is 3.77. The highest BCUT2D eigenvalue weighted by molar-refractivity contribution is 5.99. The lowest BCUT2D eigenvalue weighted by atomic mass is 10.1. The Kier molecular flexibility index (Phi) is 6.53. The number of hydrogen-bond acceptors (Lipinski definition) is 6. The largest absolute Gasteiger partial charge is 0.496 e. The monoisotopic (exact) mass is 460 g/mol. The van der Waals surface area contributed by atoms with Gasteiger partial charge in [-0.3, -0.25) is 14.0 Å². The van der Waals surface area contributed by atoms with Crippen molar-refractivity contribution in [1.82, 2.24) is 14.0 Å². The summed E-state index contributed by atoms with van der Waals surface area (Å²) in [6.07, 6.45) is 2.26. The second kappa shape index (κ2) is 9.70. The van der Waals surface area contributed by atoms with Gasteiger partial charge in [-0.2, -0.15) is 4.99 Å². The molecule has 0 aliphatic carbocycles. The summed E-state index contributed by atoms with van der Waals surface area (Å²) in [5.74, 6) is -0.915. The van der Waals surface area contributed by atoms with Crippen molar-refractivity contribution in [2.24, 2.45) is 4.99 Å². The number of carbonyl (C=O) groups excluding carboxylic acids is 2. The maximum atomic E-state index is 13.3. The average molecular weight is 460 g/mol. The summed E-state index contributed by atoms with van der Waals surface area (Å²) in [6.45, 7) is 4.12. The smallest absolute Gasteiger partial charge is 0.341 e. The number of rotatable bonds is 6. The molecule has 0 saturated carbocycles. The number of nitrogens with zero attached hydrogens (tertiary/aromatic N) is 4. The van der Waals surface area contributed by atoms with E-state index in [1.165, 1.54) is 17.6 Å². The van der Waals surface area contributed by atoms with Crippen LogP contribution in [0.4, 0.5) is 0 Å². The minimum Gasteiger partial charge on any atom is -0.496 e. The van der Waals surface area contributed by atoms with Crippen molar-refractivity contribution >= 4 is 28.6 Å². The normalized spacial score (nSPS) is 11.7. The highest BCUT2D eigenvalue weighted by Gasteiger charge is 2.20. The maximum Gasteiger partial charge on any atom is 0.341 e. The van der Waals surface area contributed by atoms with Gasteiger partial charge in [0.15, 0.2) is 5.49 Å². The Morgan fingerprint density at radius 2 is 1.82 bits per heavy atom. The Balaban J connectivity index is 2.12. The molecule has 0 spiro atoms. The number of amides is 1. The van der Waals surface area contributed by atoms with Crippen LogP contribution in [0.2, 0.25) is 0 Å². The minimum atomic E-state index is -0.682. The van der Waals surface area contributed by atoms with Gasteiger partial charge in [0.2, 0.25) is 0 Å². The Hall–Kier alpha value is -4.27. The van der Waals surface area contributed by atoms with Crippen molar-refractivity contribution in [3.05, 3.63) is 81.7 Å². The summed E-state index contributed by atoms with van der Waals surface area (Å²) >= 11 is 0. The van der Waals surface area contributed by atoms with E-state index in [0.29, 0.717) is 30.0 Å². The zero-order valence-electron chi connectivity index (χ0n) is 19.1. The number of esters is 1. The van der Waals surface area contributed by atoms with E-state index in [2.05, 4.69) is 9.98 Å². The van der Waals surface area contributed by atoms with Crippen molar-refractivity contribution in [3.8, 4) is 5.75 Å². The van der Waals surface area contributed by atoms with Gasteiger partial charge in [-0.05, 0) is 43.7 Å². The first-order valence-corrected chi connectivity index (χ1v) is 10.9. The molecule has 1 amide bonds. The zero-order chi connectivity index (χ0) is 24.2. The lowest BCUT2D eigenvalue weighted by Crippen LogP contribution is -2.32. The summed E-state index contributed by atoms with van der Waals surface area (Å²) in [6, 6.07) is 13.3. The number of aryl methyl sites for hydroxylation is 1. The van der Waals surface area contributed by atoms with E-state index in [0.717, 1.165) is 0 Å². The predicted octanol–water partition coefficient (Wildman–Crippen LogP) is 2.99. The summed E-state index contributed by atoms with van der Waals surface area (Å²) in [5.41, 5.74) is 0.776. The fraction of sp³-hybridized carbons (Fsp3) is 0.240. The molecular formula is C25H24N4O5. The molecular weight excluding hydrogens is 436 g/mol. The summed E-state index contributed by atoms with van der Waals surface area (Å²) in [4.78, 5) is 48.3. The molecule has 3 heterocycles. The van der Waals surface area contributed by atoms with Crippen molar-refractivity contribution in [1.29, 1.82) is 0 Å². The van der Waals surface area contributed by atoms with E-state index in [1.54, 1.807) is 60.2 Å². The number of para-hydroxylation sites is 1. The molecule has 0 aliphatic rings. The van der Waals surface area contributed by atoms with Crippen LogP contribution in [0.25, 0.3) is 16.7 Å². The van der Waals surface area contributed by atoms with E-state index >= 15 is 0 Å². The van der Waals surface area contributed by atoms with Crippen LogP contribution in [0.5, 0.6) is 5.75 Å². The predicted molar refractivity (Wildman–Crippen MR) is 126 cm³/mol. The van der Waals surface area contributed by atoms with Crippen LogP contribution in [-0.2, 0) is 11.3 Å². The highest BCUT2D eigenvalue weighted by atomic mass is 16.5. The molecule has 3 aromatic heterocycles. The van der Waals surface area contributed by atoms with Crippen LogP contribution in [0.3, 0.4) is 0 Å². The number of fused-ring (bicyclic) bond motifs is 2. The van der Waals surface area contributed by atoms with Crippen LogP contribution in [-0.4, -0.2) is 39.5 Å². The van der Waals surface area contributed by atoms with Crippen LogP contribution < -0.4 is 15.8 Å². The second-order valence-corrected chi connectivity index (χ2v) is 7.45. The Bertz CT molecular complexity index is 1530. The van der Waals surface area contributed by atoms with Gasteiger partial charge < -0.3 is 14.0 Å². The lowest BCUT2D eigenvalue weighted by Gasteiger charge is -2.14. The fourth-order valence-corrected chi connectivity index (χ4v) is 3.77. The third-order valence-electron chi connectivity index (χ3n) is 5.28. The number of methoxy groups -OCH3 is 1. The van der Waals surface area contributed by atoms with Gasteiger partial charge in [0, 0.05) is 12.7 Å². The summed E-state index contributed by atoms with van der Waals surface area (Å²) < 4.78 is 13.6. The Morgan fingerprint density at radius 3 is 2.56 bits per heavy atom. The summed E-state index contributed by atoms with van der Waals surface area (Å²) in [7, 11) is 1.46. The first-order chi connectivity index (χ1) is 16.5. The molecule has 0 bridgehead atoms. The molecule has 9 heteroatoms. The molecule has 0 N–H and O–H groups in total. The molecule has 4 rings (SSSR count). The molecule has 34 heavy (non-hydrogen) atoms. The number of ether oxygens (including phenoxy) is 2. The highest BCUT2D eigenvalue weighted by Crippen LogP contribution is 2.18. The summed E-state index contributed by atoms with van der Waals surface area (Å²) in [5, 5.41) is 0.226. The average Bonchev–Trinajstić information content (AvgIpc) is 2.85.